The summed E-state index contributed by atoms with van der Waals surface area (Å²) >= 11 is 1.60. The lowest BCUT2D eigenvalue weighted by molar-refractivity contribution is 0.415. The molecule has 0 fully saturated rings. The predicted octanol–water partition coefficient (Wildman–Crippen LogP) is 3.45. The fraction of sp³-hybridized carbons (Fsp3) is 0.0769. The van der Waals surface area contributed by atoms with Crippen molar-refractivity contribution in [2.45, 2.75) is 0 Å². The highest BCUT2D eigenvalue weighted by Crippen LogP contribution is 2.29. The number of fused-ring (bicyclic) bond motifs is 1. The molecule has 3 rings (SSSR count). The number of rotatable bonds is 3. The monoisotopic (exact) mass is 308 g/mol. The number of nitrogen functional groups attached to an aromatic ring is 1. The number of thiophene rings is 1. The molecule has 0 radical (unpaired) electrons. The number of nitrogens with two attached hydrogens (primary N) is 1. The number of anilines is 3. The van der Waals surface area contributed by atoms with Gasteiger partial charge in [-0.3, -0.25) is 0 Å². The third-order valence-corrected chi connectivity index (χ3v) is 3.58. The van der Waals surface area contributed by atoms with E-state index >= 15 is 0 Å². The second-order valence-electron chi connectivity index (χ2n) is 3.98. The molecule has 5 nitrogen and oxygen atoms in total. The van der Waals surface area contributed by atoms with Gasteiger partial charge in [-0.1, -0.05) is 0 Å². The second-order valence-corrected chi connectivity index (χ2v) is 4.89. The van der Waals surface area contributed by atoms with Crippen LogP contribution in [0.3, 0.4) is 0 Å². The zero-order valence-electron chi connectivity index (χ0n) is 10.7. The number of halogens is 1. The molecule has 0 atom stereocenters. The number of ether oxygens (including phenoxy) is 1. The molecule has 0 amide bonds. The third kappa shape index (κ3) is 2.76. The summed E-state index contributed by atoms with van der Waals surface area (Å²) in [5.74, 6) is 1.48. The molecule has 0 saturated carbocycles. The number of hydrogen-bond acceptors (Lipinski definition) is 6. The van der Waals surface area contributed by atoms with Crippen molar-refractivity contribution in [2.75, 3.05) is 18.2 Å². The van der Waals surface area contributed by atoms with Crippen LogP contribution < -0.4 is 15.8 Å². The molecule has 0 aliphatic carbocycles. The van der Waals surface area contributed by atoms with E-state index in [1.54, 1.807) is 30.8 Å². The molecule has 0 aliphatic heterocycles. The first-order valence-electron chi connectivity index (χ1n) is 5.66. The van der Waals surface area contributed by atoms with Crippen molar-refractivity contribution in [3.05, 3.63) is 36.0 Å². The minimum atomic E-state index is 0. The van der Waals surface area contributed by atoms with Crippen LogP contribution in [0.15, 0.2) is 36.0 Å². The lowest BCUT2D eigenvalue weighted by Gasteiger charge is -2.09. The SMILES string of the molecule is COc1cc(N)cc(Nc2ncnc3ccsc23)c1.Cl. The molecule has 2 aromatic heterocycles. The van der Waals surface area contributed by atoms with Gasteiger partial charge in [-0.05, 0) is 17.5 Å². The van der Waals surface area contributed by atoms with Crippen molar-refractivity contribution in [2.24, 2.45) is 0 Å². The van der Waals surface area contributed by atoms with E-state index in [1.807, 2.05) is 23.6 Å². The van der Waals surface area contributed by atoms with Crippen molar-refractivity contribution >= 4 is 51.2 Å². The number of methoxy groups -OCH3 is 1. The molecule has 0 saturated heterocycles. The quantitative estimate of drug-likeness (QED) is 0.725. The Hall–Kier alpha value is -2.05. The van der Waals surface area contributed by atoms with Crippen LogP contribution in [0.5, 0.6) is 5.75 Å². The smallest absolute Gasteiger partial charge is 0.151 e. The summed E-state index contributed by atoms with van der Waals surface area (Å²) in [4.78, 5) is 8.47. The maximum atomic E-state index is 5.83. The molecule has 7 heteroatoms. The minimum absolute atomic E-state index is 0. The van der Waals surface area contributed by atoms with Gasteiger partial charge < -0.3 is 15.8 Å². The number of aromatic nitrogens is 2. The molecular formula is C13H13ClN4OS. The van der Waals surface area contributed by atoms with Crippen LogP contribution in [0, 0.1) is 0 Å². The highest BCUT2D eigenvalue weighted by molar-refractivity contribution is 7.17. The van der Waals surface area contributed by atoms with Crippen LogP contribution in [0.1, 0.15) is 0 Å². The Kier molecular flexibility index (Phi) is 4.26. The van der Waals surface area contributed by atoms with Crippen LogP contribution in [0.25, 0.3) is 10.2 Å². The summed E-state index contributed by atoms with van der Waals surface area (Å²) in [6, 6.07) is 7.45. The Morgan fingerprint density at radius 1 is 1.25 bits per heavy atom. The van der Waals surface area contributed by atoms with Gasteiger partial charge in [0.1, 0.15) is 12.1 Å². The standard InChI is InChI=1S/C13H12N4OS.ClH/c1-18-10-5-8(14)4-9(6-10)17-13-12-11(2-3-19-12)15-7-16-13;/h2-7H,14H2,1H3,(H,15,16,17);1H. The zero-order chi connectivity index (χ0) is 13.2. The van der Waals surface area contributed by atoms with Gasteiger partial charge in [-0.15, -0.1) is 23.7 Å². The van der Waals surface area contributed by atoms with Crippen LogP contribution in [0.2, 0.25) is 0 Å². The van der Waals surface area contributed by atoms with Gasteiger partial charge in [0.15, 0.2) is 5.82 Å². The van der Waals surface area contributed by atoms with Crippen LogP contribution in [0.4, 0.5) is 17.2 Å². The molecule has 0 aliphatic rings. The lowest BCUT2D eigenvalue weighted by atomic mass is 10.2. The molecule has 0 bridgehead atoms. The summed E-state index contributed by atoms with van der Waals surface area (Å²) in [5, 5.41) is 5.24. The minimum Gasteiger partial charge on any atom is -0.497 e. The molecule has 1 aromatic carbocycles. The fourth-order valence-corrected chi connectivity index (χ4v) is 2.62. The molecule has 0 spiro atoms. The maximum absolute atomic E-state index is 5.83. The van der Waals surface area contributed by atoms with Gasteiger partial charge in [0.2, 0.25) is 0 Å². The Morgan fingerprint density at radius 3 is 2.90 bits per heavy atom. The normalized spacial score (nSPS) is 10.1. The van der Waals surface area contributed by atoms with E-state index in [0.29, 0.717) is 11.4 Å². The van der Waals surface area contributed by atoms with Crippen molar-refractivity contribution in [3.63, 3.8) is 0 Å². The van der Waals surface area contributed by atoms with Gasteiger partial charge >= 0.3 is 0 Å². The summed E-state index contributed by atoms with van der Waals surface area (Å²) < 4.78 is 6.21. The zero-order valence-corrected chi connectivity index (χ0v) is 12.3. The predicted molar refractivity (Wildman–Crippen MR) is 85.4 cm³/mol. The Bertz CT molecular complexity index is 731. The van der Waals surface area contributed by atoms with Crippen molar-refractivity contribution in [1.29, 1.82) is 0 Å². The molecule has 20 heavy (non-hydrogen) atoms. The number of nitrogens with one attached hydrogen (secondary N) is 1. The first-order valence-corrected chi connectivity index (χ1v) is 6.54. The van der Waals surface area contributed by atoms with E-state index in [0.717, 1.165) is 21.7 Å². The largest absolute Gasteiger partial charge is 0.497 e. The van der Waals surface area contributed by atoms with Gasteiger partial charge in [0, 0.05) is 23.5 Å². The van der Waals surface area contributed by atoms with E-state index in [1.165, 1.54) is 0 Å². The van der Waals surface area contributed by atoms with Crippen LogP contribution >= 0.6 is 23.7 Å². The number of benzene rings is 1. The Labute approximate surface area is 126 Å². The van der Waals surface area contributed by atoms with Gasteiger partial charge in [0.25, 0.3) is 0 Å². The number of hydrogen-bond donors (Lipinski definition) is 2. The average Bonchev–Trinajstić information content (AvgIpc) is 2.87. The first-order chi connectivity index (χ1) is 9.26. The third-order valence-electron chi connectivity index (χ3n) is 2.67. The second kappa shape index (κ2) is 5.94. The molecule has 3 N–H and O–H groups in total. The lowest BCUT2D eigenvalue weighted by Crippen LogP contribution is -1.97. The Balaban J connectivity index is 0.00000147. The highest BCUT2D eigenvalue weighted by Gasteiger charge is 2.06. The van der Waals surface area contributed by atoms with E-state index < -0.39 is 0 Å². The maximum Gasteiger partial charge on any atom is 0.151 e. The highest BCUT2D eigenvalue weighted by atomic mass is 35.5. The first kappa shape index (κ1) is 14.4. The summed E-state index contributed by atoms with van der Waals surface area (Å²) in [5.41, 5.74) is 8.24. The Morgan fingerprint density at radius 2 is 2.10 bits per heavy atom. The average molecular weight is 309 g/mol. The van der Waals surface area contributed by atoms with Gasteiger partial charge in [-0.2, -0.15) is 0 Å². The van der Waals surface area contributed by atoms with E-state index in [2.05, 4.69) is 15.3 Å². The molecule has 3 aromatic rings. The van der Waals surface area contributed by atoms with Gasteiger partial charge in [0.05, 0.1) is 17.3 Å². The van der Waals surface area contributed by atoms with E-state index in [9.17, 15) is 0 Å². The van der Waals surface area contributed by atoms with Crippen LogP contribution in [-0.2, 0) is 0 Å². The summed E-state index contributed by atoms with van der Waals surface area (Å²) in [6.45, 7) is 0. The molecular weight excluding hydrogens is 296 g/mol. The molecule has 0 unspecified atom stereocenters. The van der Waals surface area contributed by atoms with E-state index in [4.69, 9.17) is 10.5 Å². The fourth-order valence-electron chi connectivity index (χ4n) is 1.83. The van der Waals surface area contributed by atoms with E-state index in [-0.39, 0.29) is 12.4 Å². The van der Waals surface area contributed by atoms with Crippen molar-refractivity contribution in [3.8, 4) is 5.75 Å². The van der Waals surface area contributed by atoms with Crippen LogP contribution in [-0.4, -0.2) is 17.1 Å². The summed E-state index contributed by atoms with van der Waals surface area (Å²) in [7, 11) is 1.61. The summed E-state index contributed by atoms with van der Waals surface area (Å²) in [6.07, 6.45) is 1.54. The van der Waals surface area contributed by atoms with Gasteiger partial charge in [-0.25, -0.2) is 9.97 Å². The van der Waals surface area contributed by atoms with Crippen molar-refractivity contribution < 1.29 is 4.74 Å². The van der Waals surface area contributed by atoms with Crippen molar-refractivity contribution in [1.82, 2.24) is 9.97 Å². The number of nitrogens with zero attached hydrogens (tertiary/aromatic N) is 2. The molecule has 104 valence electrons. The molecule has 2 heterocycles. The topological polar surface area (TPSA) is 73.1 Å².